The van der Waals surface area contributed by atoms with Crippen LogP contribution in [0.4, 0.5) is 0 Å². The molecule has 0 amide bonds. The smallest absolute Gasteiger partial charge is 0.0579 e. The zero-order valence-electron chi connectivity index (χ0n) is 21.0. The number of hydrogen-bond donors (Lipinski definition) is 4. The number of rotatable bonds is 5. The summed E-state index contributed by atoms with van der Waals surface area (Å²) in [4.78, 5) is 0. The van der Waals surface area contributed by atoms with Crippen molar-refractivity contribution in [2.75, 3.05) is 6.61 Å². The highest BCUT2D eigenvalue weighted by molar-refractivity contribution is 5.14. The van der Waals surface area contributed by atoms with Gasteiger partial charge in [0.15, 0.2) is 0 Å². The molecule has 4 heteroatoms. The van der Waals surface area contributed by atoms with E-state index in [9.17, 15) is 20.4 Å². The lowest BCUT2D eigenvalue weighted by molar-refractivity contribution is -0.180. The zero-order valence-corrected chi connectivity index (χ0v) is 21.0. The summed E-state index contributed by atoms with van der Waals surface area (Å²) in [6.45, 7) is 11.6. The molecule has 4 rings (SSSR count). The molecule has 0 saturated heterocycles. The van der Waals surface area contributed by atoms with Crippen LogP contribution in [0.1, 0.15) is 79.6 Å². The Balaban J connectivity index is 1.57. The highest BCUT2D eigenvalue weighted by Crippen LogP contribution is 2.68. The molecule has 0 aromatic rings. The number of fused-ring (bicyclic) bond motifs is 5. The normalized spacial score (nSPS) is 50.7. The highest BCUT2D eigenvalue weighted by atomic mass is 16.3. The Labute approximate surface area is 195 Å². The van der Waals surface area contributed by atoms with Gasteiger partial charge in [-0.05, 0) is 97.2 Å². The first kappa shape index (κ1) is 24.7. The molecule has 0 aromatic heterocycles. The largest absolute Gasteiger partial charge is 0.396 e. The fourth-order valence-corrected chi connectivity index (χ4v) is 9.15. The molecule has 0 heterocycles. The molecule has 0 aliphatic heterocycles. The minimum atomic E-state index is -0.363. The quantitative estimate of drug-likeness (QED) is 0.470. The van der Waals surface area contributed by atoms with E-state index in [4.69, 9.17) is 0 Å². The minimum absolute atomic E-state index is 0.0812. The topological polar surface area (TPSA) is 80.9 Å². The summed E-state index contributed by atoms with van der Waals surface area (Å²) in [5.74, 6) is 2.77. The van der Waals surface area contributed by atoms with Gasteiger partial charge < -0.3 is 20.4 Å². The van der Waals surface area contributed by atoms with E-state index in [2.05, 4.69) is 46.8 Å². The zero-order chi connectivity index (χ0) is 23.4. The van der Waals surface area contributed by atoms with Gasteiger partial charge in [0.1, 0.15) is 0 Å². The summed E-state index contributed by atoms with van der Waals surface area (Å²) in [6, 6.07) is 0. The Hall–Kier alpha value is -0.420. The van der Waals surface area contributed by atoms with E-state index in [0.717, 1.165) is 38.5 Å². The molecule has 4 nitrogen and oxygen atoms in total. The second-order valence-electron chi connectivity index (χ2n) is 12.9. The predicted molar refractivity (Wildman–Crippen MR) is 128 cm³/mol. The second kappa shape index (κ2) is 8.98. The first-order chi connectivity index (χ1) is 15.0. The first-order valence-electron chi connectivity index (χ1n) is 13.4. The van der Waals surface area contributed by atoms with Crippen molar-refractivity contribution in [1.29, 1.82) is 0 Å². The van der Waals surface area contributed by atoms with Crippen molar-refractivity contribution < 1.29 is 20.4 Å². The molecule has 4 aliphatic carbocycles. The number of hydrogen-bond acceptors (Lipinski definition) is 4. The minimum Gasteiger partial charge on any atom is -0.396 e. The molecule has 0 unspecified atom stereocenters. The fraction of sp³-hybridized carbons (Fsp3) is 0.929. The van der Waals surface area contributed by atoms with Crippen LogP contribution in [-0.4, -0.2) is 45.3 Å². The highest BCUT2D eigenvalue weighted by Gasteiger charge is 2.64. The van der Waals surface area contributed by atoms with Crippen LogP contribution >= 0.6 is 0 Å². The molecule has 184 valence electrons. The third kappa shape index (κ3) is 3.91. The summed E-state index contributed by atoms with van der Waals surface area (Å²) < 4.78 is 0. The monoisotopic (exact) mass is 448 g/mol. The molecular formula is C28H48O4. The summed E-state index contributed by atoms with van der Waals surface area (Å²) in [6.07, 6.45) is 10.1. The summed E-state index contributed by atoms with van der Waals surface area (Å²) in [5.41, 5.74) is 0.172. The maximum absolute atomic E-state index is 11.4. The number of aliphatic hydroxyl groups excluding tert-OH is 4. The van der Waals surface area contributed by atoms with Crippen molar-refractivity contribution in [3.63, 3.8) is 0 Å². The Bertz CT molecular complexity index is 691. The Morgan fingerprint density at radius 3 is 2.19 bits per heavy atom. The lowest BCUT2D eigenvalue weighted by atomic mass is 9.43. The molecule has 4 N–H and O–H groups in total. The molecule has 4 aliphatic rings. The van der Waals surface area contributed by atoms with Crippen LogP contribution in [0, 0.1) is 58.2 Å². The molecule has 0 bridgehead atoms. The maximum Gasteiger partial charge on any atom is 0.0579 e. The standard InChI is InChI=1S/C28H48O4/c1-16(2)18(15-29)7-6-17(3)22-14-25(32)26-20-13-24(31)23-12-19(30)8-10-27(23,4)21(20)9-11-28(22,26)5/h6-7,16-26,29-32H,8-15H2,1-5H3/b7-6+/t17-,18+,19-,20+,21-,22+,23+,24-,25+,26+,27+,28+/m0/s1. The number of allylic oxidation sites excluding steroid dienone is 1. The van der Waals surface area contributed by atoms with Gasteiger partial charge in [0.25, 0.3) is 0 Å². The van der Waals surface area contributed by atoms with Crippen molar-refractivity contribution in [2.24, 2.45) is 58.2 Å². The van der Waals surface area contributed by atoms with Gasteiger partial charge in [-0.25, -0.2) is 0 Å². The van der Waals surface area contributed by atoms with Crippen LogP contribution in [0.2, 0.25) is 0 Å². The fourth-order valence-electron chi connectivity index (χ4n) is 9.15. The van der Waals surface area contributed by atoms with Crippen LogP contribution in [0.25, 0.3) is 0 Å². The van der Waals surface area contributed by atoms with E-state index < -0.39 is 0 Å². The van der Waals surface area contributed by atoms with Gasteiger partial charge in [0.2, 0.25) is 0 Å². The molecular weight excluding hydrogens is 400 g/mol. The molecule has 32 heavy (non-hydrogen) atoms. The third-order valence-electron chi connectivity index (χ3n) is 11.1. The van der Waals surface area contributed by atoms with Gasteiger partial charge in [0.05, 0.1) is 18.3 Å². The van der Waals surface area contributed by atoms with Crippen LogP contribution in [0.15, 0.2) is 12.2 Å². The van der Waals surface area contributed by atoms with E-state index in [1.54, 1.807) is 0 Å². The summed E-state index contributed by atoms with van der Waals surface area (Å²) >= 11 is 0. The Morgan fingerprint density at radius 2 is 1.53 bits per heavy atom. The van der Waals surface area contributed by atoms with Crippen molar-refractivity contribution in [3.05, 3.63) is 12.2 Å². The maximum atomic E-state index is 11.4. The molecule has 0 spiro atoms. The van der Waals surface area contributed by atoms with Crippen LogP contribution in [0.3, 0.4) is 0 Å². The second-order valence-corrected chi connectivity index (χ2v) is 12.9. The predicted octanol–water partition coefficient (Wildman–Crippen LogP) is 4.40. The average Bonchev–Trinajstić information content (AvgIpc) is 3.00. The Kier molecular flexibility index (Phi) is 6.93. The Morgan fingerprint density at radius 1 is 0.844 bits per heavy atom. The third-order valence-corrected chi connectivity index (χ3v) is 11.1. The molecule has 12 atom stereocenters. The van der Waals surface area contributed by atoms with Crippen LogP contribution in [0.5, 0.6) is 0 Å². The number of aliphatic hydroxyl groups is 4. The van der Waals surface area contributed by atoms with Crippen molar-refractivity contribution in [3.8, 4) is 0 Å². The average molecular weight is 449 g/mol. The van der Waals surface area contributed by atoms with Crippen LogP contribution < -0.4 is 0 Å². The lowest BCUT2D eigenvalue weighted by Gasteiger charge is -2.62. The van der Waals surface area contributed by atoms with E-state index in [1.807, 2.05) is 0 Å². The van der Waals surface area contributed by atoms with Crippen molar-refractivity contribution in [2.45, 2.75) is 97.9 Å². The summed E-state index contributed by atoms with van der Waals surface area (Å²) in [7, 11) is 0. The van der Waals surface area contributed by atoms with Crippen molar-refractivity contribution in [1.82, 2.24) is 0 Å². The van der Waals surface area contributed by atoms with E-state index >= 15 is 0 Å². The van der Waals surface area contributed by atoms with Crippen LogP contribution in [-0.2, 0) is 0 Å². The van der Waals surface area contributed by atoms with Gasteiger partial charge >= 0.3 is 0 Å². The van der Waals surface area contributed by atoms with E-state index in [1.165, 1.54) is 6.42 Å². The molecule has 4 saturated carbocycles. The van der Waals surface area contributed by atoms with Gasteiger partial charge in [-0.2, -0.15) is 0 Å². The van der Waals surface area contributed by atoms with Gasteiger partial charge in [-0.1, -0.05) is 46.8 Å². The molecule has 0 radical (unpaired) electrons. The molecule has 4 fully saturated rings. The lowest BCUT2D eigenvalue weighted by Crippen LogP contribution is -2.59. The van der Waals surface area contributed by atoms with E-state index in [-0.39, 0.29) is 53.5 Å². The first-order valence-corrected chi connectivity index (χ1v) is 13.4. The summed E-state index contributed by atoms with van der Waals surface area (Å²) in [5, 5.41) is 42.6. The van der Waals surface area contributed by atoms with E-state index in [0.29, 0.717) is 29.6 Å². The van der Waals surface area contributed by atoms with Gasteiger partial charge in [0, 0.05) is 12.5 Å². The molecule has 0 aromatic carbocycles. The van der Waals surface area contributed by atoms with Gasteiger partial charge in [-0.3, -0.25) is 0 Å². The SMILES string of the molecule is CC(C)[C@H](/C=C/[C@H](C)[C@H]1C[C@@H](O)[C@H]2[C@@H]3C[C@H](O)[C@H]4C[C@@H](O)CC[C@]4(C)[C@H]3CC[C@@]21C)CO. The van der Waals surface area contributed by atoms with Crippen molar-refractivity contribution >= 4 is 0 Å². The van der Waals surface area contributed by atoms with Gasteiger partial charge in [-0.15, -0.1) is 0 Å².